The lowest BCUT2D eigenvalue weighted by Gasteiger charge is -2.46. The maximum atomic E-state index is 14.0. The number of ether oxygens (including phenoxy) is 7. The Morgan fingerprint density at radius 1 is 0.465 bits per heavy atom. The molecule has 0 aliphatic heterocycles. The van der Waals surface area contributed by atoms with Crippen molar-refractivity contribution >= 4 is 28.7 Å². The molecule has 0 bridgehead atoms. The summed E-state index contributed by atoms with van der Waals surface area (Å²) in [5.74, 6) is -3.35. The maximum absolute atomic E-state index is 14.0. The van der Waals surface area contributed by atoms with Gasteiger partial charge in [-0.2, -0.15) is 0 Å². The van der Waals surface area contributed by atoms with E-state index in [2.05, 4.69) is 24.3 Å². The lowest BCUT2D eigenvalue weighted by Crippen LogP contribution is -2.60. The molecule has 0 amide bonds. The molecule has 0 saturated heterocycles. The van der Waals surface area contributed by atoms with E-state index < -0.39 is 72.5 Å². The van der Waals surface area contributed by atoms with Crippen LogP contribution in [-0.4, -0.2) is 79.0 Å². The number of carbonyl (C=O) groups excluding carboxylic acids is 3. The van der Waals surface area contributed by atoms with Gasteiger partial charge in [0.25, 0.3) is 0 Å². The molecule has 0 aromatic heterocycles. The van der Waals surface area contributed by atoms with E-state index >= 15 is 0 Å². The first-order valence-corrected chi connectivity index (χ1v) is 24.0. The topological polar surface area (TPSA) is 136 Å². The minimum absolute atomic E-state index is 0.0151. The van der Waals surface area contributed by atoms with Crippen LogP contribution in [0, 0.1) is 11.8 Å². The zero-order valence-electron chi connectivity index (χ0n) is 39.1. The molecular weight excluding hydrogens is 897 g/mol. The molecule has 1 fully saturated rings. The summed E-state index contributed by atoms with van der Waals surface area (Å²) in [5.41, 5.74) is 3.68. The lowest BCUT2D eigenvalue weighted by molar-refractivity contribution is -0.226. The van der Waals surface area contributed by atoms with Crippen molar-refractivity contribution in [1.82, 2.24) is 0 Å². The molecule has 1 saturated carbocycles. The summed E-state index contributed by atoms with van der Waals surface area (Å²) in [6.07, 6.45) is -3.59. The standard InChI is InChI=1S/C60H56O11/c61-53-52(35-50(40-68-58(62)45-23-10-3-11-24-45)55(70-59(63)46-25-12-4-13-26-46)57(53)71-60(64)47-27-14-5-15-28-47)69-54-49(39-65-36-43-30-31-44-22-16-17-29-48(44)34-43)32-33-51(66-37-41-18-6-1-7-19-41)56(54)67-38-42-20-8-2-9-21-42/h1-34,49-57,61H,35-40H2. The van der Waals surface area contributed by atoms with Crippen LogP contribution in [0.1, 0.15) is 54.2 Å². The zero-order chi connectivity index (χ0) is 48.8. The van der Waals surface area contributed by atoms with Crippen molar-refractivity contribution in [3.8, 4) is 0 Å². The molecule has 11 heteroatoms. The second-order valence-electron chi connectivity index (χ2n) is 17.8. The van der Waals surface area contributed by atoms with E-state index in [0.29, 0.717) is 12.2 Å². The van der Waals surface area contributed by atoms with Gasteiger partial charge in [0.05, 0.1) is 61.9 Å². The molecular formula is C60H56O11. The molecule has 11 nitrogen and oxygen atoms in total. The number of rotatable bonds is 19. The molecule has 0 radical (unpaired) electrons. The van der Waals surface area contributed by atoms with Crippen LogP contribution in [0.15, 0.2) is 206 Å². The van der Waals surface area contributed by atoms with Gasteiger partial charge in [-0.05, 0) is 76.3 Å². The molecule has 9 rings (SSSR count). The van der Waals surface area contributed by atoms with Gasteiger partial charge in [-0.15, -0.1) is 0 Å². The van der Waals surface area contributed by atoms with Crippen LogP contribution in [0.25, 0.3) is 10.8 Å². The number of aliphatic hydroxyl groups is 1. The van der Waals surface area contributed by atoms with Crippen LogP contribution >= 0.6 is 0 Å². The van der Waals surface area contributed by atoms with Gasteiger partial charge in [0, 0.05) is 11.8 Å². The fraction of sp³-hybridized carbons (Fsp3) is 0.250. The van der Waals surface area contributed by atoms with E-state index in [-0.39, 0.29) is 44.0 Å². The maximum Gasteiger partial charge on any atom is 0.338 e. The average molecular weight is 953 g/mol. The van der Waals surface area contributed by atoms with Gasteiger partial charge in [0.1, 0.15) is 24.4 Å². The number of carbonyl (C=O) groups is 3. The smallest absolute Gasteiger partial charge is 0.338 e. The summed E-state index contributed by atoms with van der Waals surface area (Å²) in [6, 6.07) is 59.3. The fourth-order valence-electron chi connectivity index (χ4n) is 9.16. The average Bonchev–Trinajstić information content (AvgIpc) is 3.42. The highest BCUT2D eigenvalue weighted by molar-refractivity contribution is 5.91. The molecule has 7 aromatic carbocycles. The van der Waals surface area contributed by atoms with Crippen LogP contribution in [0.4, 0.5) is 0 Å². The van der Waals surface area contributed by atoms with E-state index in [1.807, 2.05) is 91.0 Å². The van der Waals surface area contributed by atoms with Crippen molar-refractivity contribution in [3.63, 3.8) is 0 Å². The highest BCUT2D eigenvalue weighted by atomic mass is 16.6. The minimum atomic E-state index is -1.55. The first-order valence-electron chi connectivity index (χ1n) is 24.0. The van der Waals surface area contributed by atoms with Gasteiger partial charge >= 0.3 is 17.9 Å². The Balaban J connectivity index is 1.06. The van der Waals surface area contributed by atoms with Crippen LogP contribution in [0.2, 0.25) is 0 Å². The van der Waals surface area contributed by atoms with Crippen molar-refractivity contribution in [2.75, 3.05) is 13.2 Å². The van der Waals surface area contributed by atoms with E-state index in [9.17, 15) is 19.5 Å². The van der Waals surface area contributed by atoms with Crippen LogP contribution in [0.3, 0.4) is 0 Å². The third kappa shape index (κ3) is 12.8. The van der Waals surface area contributed by atoms with Crippen LogP contribution < -0.4 is 0 Å². The summed E-state index contributed by atoms with van der Waals surface area (Å²) in [4.78, 5) is 41.5. The first-order chi connectivity index (χ1) is 34.9. The number of hydrogen-bond donors (Lipinski definition) is 1. The van der Waals surface area contributed by atoms with Gasteiger partial charge in [-0.3, -0.25) is 0 Å². The molecule has 1 N–H and O–H groups in total. The van der Waals surface area contributed by atoms with Gasteiger partial charge in [-0.25, -0.2) is 14.4 Å². The summed E-state index contributed by atoms with van der Waals surface area (Å²) >= 11 is 0. The zero-order valence-corrected chi connectivity index (χ0v) is 39.1. The number of fused-ring (bicyclic) bond motifs is 1. The van der Waals surface area contributed by atoms with E-state index in [1.165, 1.54) is 0 Å². The molecule has 362 valence electrons. The Bertz CT molecular complexity index is 2830. The molecule has 0 spiro atoms. The molecule has 71 heavy (non-hydrogen) atoms. The van der Waals surface area contributed by atoms with Gasteiger partial charge < -0.3 is 38.3 Å². The van der Waals surface area contributed by atoms with Crippen LogP contribution in [0.5, 0.6) is 0 Å². The largest absolute Gasteiger partial charge is 0.462 e. The monoisotopic (exact) mass is 952 g/mol. The Kier molecular flexibility index (Phi) is 16.5. The van der Waals surface area contributed by atoms with Gasteiger partial charge in [-0.1, -0.05) is 164 Å². The van der Waals surface area contributed by atoms with E-state index in [0.717, 1.165) is 27.5 Å². The summed E-state index contributed by atoms with van der Waals surface area (Å²) in [5, 5.41) is 14.9. The number of hydrogen-bond acceptors (Lipinski definition) is 11. The van der Waals surface area contributed by atoms with Crippen molar-refractivity contribution in [2.45, 2.75) is 69.0 Å². The molecule has 7 aromatic rings. The van der Waals surface area contributed by atoms with Crippen LogP contribution in [-0.2, 0) is 53.0 Å². The first kappa shape index (κ1) is 48.8. The number of benzene rings is 7. The summed E-state index contributed by atoms with van der Waals surface area (Å²) in [6.45, 7) is 0.749. The van der Waals surface area contributed by atoms with Crippen molar-refractivity contribution < 1.29 is 52.6 Å². The molecule has 2 aliphatic carbocycles. The third-order valence-corrected chi connectivity index (χ3v) is 12.9. The quantitative estimate of drug-likeness (QED) is 0.0471. The van der Waals surface area contributed by atoms with E-state index in [1.54, 1.807) is 91.0 Å². The summed E-state index contributed by atoms with van der Waals surface area (Å²) in [7, 11) is 0. The molecule has 0 heterocycles. The van der Waals surface area contributed by atoms with E-state index in [4.69, 9.17) is 33.2 Å². The Labute approximate surface area is 413 Å². The Morgan fingerprint density at radius 2 is 0.986 bits per heavy atom. The predicted molar refractivity (Wildman–Crippen MR) is 267 cm³/mol. The highest BCUT2D eigenvalue weighted by Crippen LogP contribution is 2.38. The number of aliphatic hydroxyl groups excluding tert-OH is 1. The Morgan fingerprint density at radius 3 is 1.59 bits per heavy atom. The predicted octanol–water partition coefficient (Wildman–Crippen LogP) is 10.2. The lowest BCUT2D eigenvalue weighted by atomic mass is 9.80. The normalized spacial score (nSPS) is 22.9. The fourth-order valence-corrected chi connectivity index (χ4v) is 9.16. The highest BCUT2D eigenvalue weighted by Gasteiger charge is 2.52. The second kappa shape index (κ2) is 24.0. The van der Waals surface area contributed by atoms with Gasteiger partial charge in [0.2, 0.25) is 0 Å². The van der Waals surface area contributed by atoms with Crippen molar-refractivity contribution in [3.05, 3.63) is 240 Å². The SMILES string of the molecule is O=C(OCC1CC(OC2C(COCc3ccc4ccccc4c3)C=CC(OCc3ccccc3)C2OCc2ccccc2)C(O)C(OC(=O)c2ccccc2)C1OC(=O)c1ccccc1)c1ccccc1. The molecule has 9 unspecified atom stereocenters. The van der Waals surface area contributed by atoms with Crippen molar-refractivity contribution in [1.29, 1.82) is 0 Å². The molecule has 2 aliphatic rings. The minimum Gasteiger partial charge on any atom is -0.462 e. The van der Waals surface area contributed by atoms with Gasteiger partial charge in [0.15, 0.2) is 6.10 Å². The second-order valence-corrected chi connectivity index (χ2v) is 17.8. The Hall–Kier alpha value is -7.25. The number of esters is 3. The molecule has 9 atom stereocenters. The third-order valence-electron chi connectivity index (χ3n) is 12.9. The summed E-state index contributed by atoms with van der Waals surface area (Å²) < 4.78 is 45.6. The van der Waals surface area contributed by atoms with Crippen molar-refractivity contribution in [2.24, 2.45) is 11.8 Å².